The number of para-hydroxylation sites is 1. The first-order valence-electron chi connectivity index (χ1n) is 7.09. The number of hydrogen-bond donors (Lipinski definition) is 4. The highest BCUT2D eigenvalue weighted by atomic mass is 32.1. The van der Waals surface area contributed by atoms with Crippen molar-refractivity contribution in [3.63, 3.8) is 0 Å². The molecule has 0 radical (unpaired) electrons. The summed E-state index contributed by atoms with van der Waals surface area (Å²) in [6.45, 7) is 0. The molecule has 4 N–H and O–H groups in total. The van der Waals surface area contributed by atoms with E-state index in [-0.39, 0.29) is 11.0 Å². The Hall–Kier alpha value is -2.77. The number of amides is 1. The van der Waals surface area contributed by atoms with Crippen molar-refractivity contribution in [1.82, 2.24) is 16.2 Å². The molecule has 0 bridgehead atoms. The van der Waals surface area contributed by atoms with E-state index in [1.54, 1.807) is 6.08 Å². The monoisotopic (exact) mass is 356 g/mol. The number of benzene rings is 2. The van der Waals surface area contributed by atoms with Gasteiger partial charge >= 0.3 is 0 Å². The lowest BCUT2D eigenvalue weighted by Gasteiger charge is -2.13. The quantitative estimate of drug-likeness (QED) is 0.385. The minimum absolute atomic E-state index is 0.120. The summed E-state index contributed by atoms with van der Waals surface area (Å²) >= 11 is 10.1. The Labute approximate surface area is 151 Å². The van der Waals surface area contributed by atoms with Crippen molar-refractivity contribution in [2.24, 2.45) is 0 Å². The van der Waals surface area contributed by atoms with Gasteiger partial charge in [-0.15, -0.1) is 0 Å². The van der Waals surface area contributed by atoms with Crippen molar-refractivity contribution in [2.45, 2.75) is 0 Å². The van der Waals surface area contributed by atoms with Crippen molar-refractivity contribution >= 4 is 52.3 Å². The number of rotatable bonds is 3. The lowest BCUT2D eigenvalue weighted by Crippen LogP contribution is -2.49. The van der Waals surface area contributed by atoms with E-state index in [4.69, 9.17) is 24.4 Å². The van der Waals surface area contributed by atoms with Crippen molar-refractivity contribution in [3.8, 4) is 0 Å². The molecule has 0 aromatic heterocycles. The summed E-state index contributed by atoms with van der Waals surface area (Å²) in [5.74, 6) is -0.333. The molecule has 0 aliphatic heterocycles. The van der Waals surface area contributed by atoms with Gasteiger partial charge in [-0.3, -0.25) is 21.0 Å². The van der Waals surface area contributed by atoms with E-state index in [0.29, 0.717) is 5.11 Å². The Balaban J connectivity index is 1.71. The maximum Gasteiger partial charge on any atom is 0.250 e. The zero-order chi connectivity index (χ0) is 17.2. The fourth-order valence-corrected chi connectivity index (χ4v) is 2.04. The molecule has 122 valence electrons. The number of hydrazine groups is 1. The molecule has 0 saturated carbocycles. The molecule has 1 amide bonds. The molecule has 0 spiro atoms. The number of nitrogens with one attached hydrogen (secondary N) is 4. The summed E-state index contributed by atoms with van der Waals surface area (Å²) in [7, 11) is 0. The van der Waals surface area contributed by atoms with E-state index in [2.05, 4.69) is 21.5 Å². The SMILES string of the molecule is O=C(C=Cc1ccccc1)NC(=S)NNC(=S)Nc1ccccc1. The van der Waals surface area contributed by atoms with E-state index in [1.807, 2.05) is 60.7 Å². The topological polar surface area (TPSA) is 65.2 Å². The Kier molecular flexibility index (Phi) is 6.88. The predicted octanol–water partition coefficient (Wildman–Crippen LogP) is 2.59. The summed E-state index contributed by atoms with van der Waals surface area (Å²) in [6, 6.07) is 18.9. The summed E-state index contributed by atoms with van der Waals surface area (Å²) in [6.07, 6.45) is 3.11. The number of carbonyl (C=O) groups is 1. The Morgan fingerprint density at radius 1 is 0.833 bits per heavy atom. The molecular weight excluding hydrogens is 340 g/mol. The fraction of sp³-hybridized carbons (Fsp3) is 0. The van der Waals surface area contributed by atoms with Crippen LogP contribution in [0.4, 0.5) is 5.69 Å². The molecule has 5 nitrogen and oxygen atoms in total. The number of hydrogen-bond acceptors (Lipinski definition) is 3. The first-order valence-corrected chi connectivity index (χ1v) is 7.91. The van der Waals surface area contributed by atoms with Gasteiger partial charge in [0.2, 0.25) is 5.91 Å². The van der Waals surface area contributed by atoms with Crippen LogP contribution in [0.3, 0.4) is 0 Å². The molecule has 2 aromatic rings. The molecule has 2 rings (SSSR count). The molecule has 0 saturated heterocycles. The summed E-state index contributed by atoms with van der Waals surface area (Å²) in [5.41, 5.74) is 7.12. The highest BCUT2D eigenvalue weighted by Crippen LogP contribution is 2.04. The second-order valence-corrected chi connectivity index (χ2v) is 5.45. The second kappa shape index (κ2) is 9.39. The van der Waals surface area contributed by atoms with Gasteiger partial charge in [-0.1, -0.05) is 48.5 Å². The first kappa shape index (κ1) is 17.6. The van der Waals surface area contributed by atoms with Crippen LogP contribution in [0.1, 0.15) is 5.56 Å². The van der Waals surface area contributed by atoms with E-state index in [0.717, 1.165) is 11.3 Å². The lowest BCUT2D eigenvalue weighted by atomic mass is 10.2. The molecule has 0 heterocycles. The maximum absolute atomic E-state index is 11.8. The third-order valence-electron chi connectivity index (χ3n) is 2.78. The lowest BCUT2D eigenvalue weighted by molar-refractivity contribution is -0.115. The van der Waals surface area contributed by atoms with Crippen molar-refractivity contribution in [3.05, 3.63) is 72.3 Å². The molecule has 2 aromatic carbocycles. The van der Waals surface area contributed by atoms with Crippen LogP contribution in [0.2, 0.25) is 0 Å². The third kappa shape index (κ3) is 6.55. The van der Waals surface area contributed by atoms with Crippen LogP contribution in [0, 0.1) is 0 Å². The van der Waals surface area contributed by atoms with Gasteiger partial charge in [0.05, 0.1) is 0 Å². The molecule has 0 atom stereocenters. The zero-order valence-electron chi connectivity index (χ0n) is 12.7. The van der Waals surface area contributed by atoms with E-state index in [1.165, 1.54) is 6.08 Å². The minimum Gasteiger partial charge on any atom is -0.331 e. The third-order valence-corrected chi connectivity index (χ3v) is 3.19. The molecule has 0 aliphatic carbocycles. The molecule has 24 heavy (non-hydrogen) atoms. The van der Waals surface area contributed by atoms with E-state index < -0.39 is 0 Å². The van der Waals surface area contributed by atoms with Crippen LogP contribution in [-0.2, 0) is 4.79 Å². The normalized spacial score (nSPS) is 10.0. The van der Waals surface area contributed by atoms with Crippen LogP contribution >= 0.6 is 24.4 Å². The van der Waals surface area contributed by atoms with E-state index in [9.17, 15) is 4.79 Å². The molecule has 0 fully saturated rings. The van der Waals surface area contributed by atoms with E-state index >= 15 is 0 Å². The van der Waals surface area contributed by atoms with Gasteiger partial charge in [0.1, 0.15) is 0 Å². The van der Waals surface area contributed by atoms with Gasteiger partial charge < -0.3 is 5.32 Å². The van der Waals surface area contributed by atoms with Crippen LogP contribution in [-0.4, -0.2) is 16.1 Å². The Morgan fingerprint density at radius 2 is 1.42 bits per heavy atom. The van der Waals surface area contributed by atoms with Crippen molar-refractivity contribution in [2.75, 3.05) is 5.32 Å². The maximum atomic E-state index is 11.8. The molecule has 7 heteroatoms. The average Bonchev–Trinajstić information content (AvgIpc) is 2.60. The van der Waals surface area contributed by atoms with Crippen molar-refractivity contribution < 1.29 is 4.79 Å². The average molecular weight is 356 g/mol. The number of anilines is 1. The van der Waals surface area contributed by atoms with Crippen LogP contribution in [0.5, 0.6) is 0 Å². The van der Waals surface area contributed by atoms with Gasteiger partial charge in [-0.05, 0) is 48.2 Å². The summed E-state index contributed by atoms with van der Waals surface area (Å²) < 4.78 is 0. The molecule has 0 unspecified atom stereocenters. The van der Waals surface area contributed by atoms with Crippen LogP contribution in [0.25, 0.3) is 6.08 Å². The number of carbonyl (C=O) groups excluding carboxylic acids is 1. The Bertz CT molecular complexity index is 733. The van der Waals surface area contributed by atoms with Crippen molar-refractivity contribution in [1.29, 1.82) is 0 Å². The van der Waals surface area contributed by atoms with Crippen LogP contribution in [0.15, 0.2) is 66.7 Å². The Morgan fingerprint density at radius 3 is 2.08 bits per heavy atom. The van der Waals surface area contributed by atoms with Gasteiger partial charge in [-0.2, -0.15) is 0 Å². The summed E-state index contributed by atoms with van der Waals surface area (Å²) in [4.78, 5) is 11.8. The standard InChI is InChI=1S/C17H16N4OS2/c22-15(12-11-13-7-3-1-4-8-13)19-17(24)21-20-16(23)18-14-9-5-2-6-10-14/h1-12H,(H2,18,20,23)(H2,19,21,22,24). The summed E-state index contributed by atoms with van der Waals surface area (Å²) in [5, 5.41) is 5.93. The largest absolute Gasteiger partial charge is 0.331 e. The second-order valence-electron chi connectivity index (χ2n) is 4.63. The molecular formula is C17H16N4OS2. The fourth-order valence-electron chi connectivity index (χ4n) is 1.72. The highest BCUT2D eigenvalue weighted by Gasteiger charge is 2.01. The minimum atomic E-state index is -0.333. The number of thiocarbonyl (C=S) groups is 2. The van der Waals surface area contributed by atoms with Gasteiger partial charge in [-0.25, -0.2) is 0 Å². The predicted molar refractivity (Wildman–Crippen MR) is 105 cm³/mol. The smallest absolute Gasteiger partial charge is 0.250 e. The molecule has 0 aliphatic rings. The van der Waals surface area contributed by atoms with Crippen LogP contribution < -0.4 is 21.5 Å². The zero-order valence-corrected chi connectivity index (χ0v) is 14.3. The van der Waals surface area contributed by atoms with Gasteiger partial charge in [0.15, 0.2) is 10.2 Å². The highest BCUT2D eigenvalue weighted by molar-refractivity contribution is 7.80. The van der Waals surface area contributed by atoms with Gasteiger partial charge in [0, 0.05) is 11.8 Å². The van der Waals surface area contributed by atoms with Gasteiger partial charge in [0.25, 0.3) is 0 Å². The first-order chi connectivity index (χ1) is 11.6.